The molecule has 0 N–H and O–H groups in total. The Hall–Kier alpha value is -4.20. The molecule has 0 atom stereocenters. The number of fused-ring (bicyclic) bond motifs is 2. The lowest BCUT2D eigenvalue weighted by Gasteiger charge is -2.09. The van der Waals surface area contributed by atoms with E-state index in [1.807, 2.05) is 0 Å². The fourth-order valence-electron chi connectivity index (χ4n) is 3.63. The number of thiazole rings is 1. The Balaban J connectivity index is 1.83. The van der Waals surface area contributed by atoms with Crippen LogP contribution in [0.1, 0.15) is 0 Å². The van der Waals surface area contributed by atoms with Gasteiger partial charge in [-0.05, 0) is 0 Å². The highest BCUT2D eigenvalue weighted by atomic mass is 32.1. The van der Waals surface area contributed by atoms with Crippen molar-refractivity contribution < 1.29 is 23.8 Å². The molecule has 35 heavy (non-hydrogen) atoms. The van der Waals surface area contributed by atoms with E-state index in [0.717, 1.165) is 4.57 Å². The van der Waals surface area contributed by atoms with E-state index >= 15 is 0 Å². The van der Waals surface area contributed by atoms with E-state index in [1.54, 1.807) is 16.7 Å². The first-order valence-corrected chi connectivity index (χ1v) is 11.0. The molecule has 1 amide bonds. The number of methoxy groups -OCH3 is 3. The third-order valence-corrected chi connectivity index (χ3v) is 6.49. The number of aryl methyl sites for hydroxylation is 1. The van der Waals surface area contributed by atoms with Crippen molar-refractivity contribution in [2.45, 2.75) is 13.1 Å². The number of esters is 1. The SMILES string of the molecule is COC(=O)Cn1c(=NC(=O)Cn2cnc3c2c(=O)n(C)c(=O)n3C)sc2cc(OC)c(OC)cc21. The molecule has 0 fully saturated rings. The van der Waals surface area contributed by atoms with Gasteiger partial charge in [0.2, 0.25) is 0 Å². The van der Waals surface area contributed by atoms with Crippen LogP contribution in [0.3, 0.4) is 0 Å². The lowest BCUT2D eigenvalue weighted by molar-refractivity contribution is -0.141. The molecule has 14 heteroatoms. The topological polar surface area (TPSA) is 141 Å². The maximum absolute atomic E-state index is 12.9. The van der Waals surface area contributed by atoms with Crippen LogP contribution in [0, 0.1) is 0 Å². The molecule has 184 valence electrons. The van der Waals surface area contributed by atoms with Gasteiger partial charge in [0.1, 0.15) is 13.1 Å². The molecule has 4 rings (SSSR count). The van der Waals surface area contributed by atoms with E-state index in [2.05, 4.69) is 9.98 Å². The van der Waals surface area contributed by atoms with E-state index in [-0.39, 0.29) is 29.1 Å². The third-order valence-electron chi connectivity index (χ3n) is 5.45. The lowest BCUT2D eigenvalue weighted by atomic mass is 10.3. The van der Waals surface area contributed by atoms with Gasteiger partial charge in [-0.15, -0.1) is 0 Å². The van der Waals surface area contributed by atoms with Gasteiger partial charge in [0, 0.05) is 26.2 Å². The number of imidazole rings is 1. The molecule has 0 aliphatic carbocycles. The first kappa shape index (κ1) is 23.9. The summed E-state index contributed by atoms with van der Waals surface area (Å²) in [5.74, 6) is -0.195. The van der Waals surface area contributed by atoms with Crippen molar-refractivity contribution in [2.24, 2.45) is 19.1 Å². The predicted octanol–water partition coefficient (Wildman–Crippen LogP) is -0.232. The Bertz CT molecular complexity index is 1670. The Labute approximate surface area is 201 Å². The number of rotatable bonds is 6. The molecule has 0 saturated carbocycles. The Kier molecular flexibility index (Phi) is 6.30. The molecule has 0 radical (unpaired) electrons. The van der Waals surface area contributed by atoms with E-state index < -0.39 is 23.1 Å². The number of amides is 1. The lowest BCUT2D eigenvalue weighted by Crippen LogP contribution is -2.37. The van der Waals surface area contributed by atoms with Crippen LogP contribution in [0.2, 0.25) is 0 Å². The van der Waals surface area contributed by atoms with Crippen molar-refractivity contribution in [3.63, 3.8) is 0 Å². The molecule has 4 aromatic rings. The van der Waals surface area contributed by atoms with Gasteiger partial charge >= 0.3 is 11.7 Å². The third kappa shape index (κ3) is 4.12. The largest absolute Gasteiger partial charge is 0.493 e. The number of ether oxygens (including phenoxy) is 3. The van der Waals surface area contributed by atoms with Gasteiger partial charge in [-0.3, -0.25) is 23.5 Å². The molecule has 0 aliphatic rings. The fraction of sp³-hybridized carbons (Fsp3) is 0.333. The highest BCUT2D eigenvalue weighted by Crippen LogP contribution is 2.33. The minimum Gasteiger partial charge on any atom is -0.493 e. The van der Waals surface area contributed by atoms with Crippen LogP contribution in [0.15, 0.2) is 33.0 Å². The number of nitrogens with zero attached hydrogens (tertiary/aromatic N) is 6. The number of hydrogen-bond donors (Lipinski definition) is 0. The molecule has 1 aromatic carbocycles. The van der Waals surface area contributed by atoms with Crippen LogP contribution in [0.4, 0.5) is 0 Å². The van der Waals surface area contributed by atoms with Crippen molar-refractivity contribution in [2.75, 3.05) is 21.3 Å². The van der Waals surface area contributed by atoms with Gasteiger partial charge in [0.25, 0.3) is 11.5 Å². The number of benzene rings is 1. The van der Waals surface area contributed by atoms with Crippen molar-refractivity contribution in [3.05, 3.63) is 44.1 Å². The van der Waals surface area contributed by atoms with E-state index in [1.165, 1.54) is 62.2 Å². The maximum atomic E-state index is 12.9. The van der Waals surface area contributed by atoms with Crippen LogP contribution in [-0.2, 0) is 41.5 Å². The maximum Gasteiger partial charge on any atom is 0.332 e. The molecule has 0 spiro atoms. The molecular weight excluding hydrogens is 480 g/mol. The van der Waals surface area contributed by atoms with Crippen LogP contribution >= 0.6 is 11.3 Å². The molecule has 3 heterocycles. The van der Waals surface area contributed by atoms with Crippen LogP contribution in [0.25, 0.3) is 21.4 Å². The first-order chi connectivity index (χ1) is 16.7. The van der Waals surface area contributed by atoms with E-state index in [0.29, 0.717) is 21.7 Å². The highest BCUT2D eigenvalue weighted by Gasteiger charge is 2.18. The van der Waals surface area contributed by atoms with Gasteiger partial charge in [-0.1, -0.05) is 11.3 Å². The van der Waals surface area contributed by atoms with Crippen LogP contribution in [0.5, 0.6) is 11.5 Å². The van der Waals surface area contributed by atoms with Gasteiger partial charge < -0.3 is 23.3 Å². The Morgan fingerprint density at radius 1 is 1.03 bits per heavy atom. The van der Waals surface area contributed by atoms with Crippen molar-refractivity contribution in [1.82, 2.24) is 23.3 Å². The predicted molar refractivity (Wildman–Crippen MR) is 126 cm³/mol. The second-order valence-corrected chi connectivity index (χ2v) is 8.49. The molecule has 0 unspecified atom stereocenters. The summed E-state index contributed by atoms with van der Waals surface area (Å²) in [6.07, 6.45) is 1.31. The van der Waals surface area contributed by atoms with E-state index in [4.69, 9.17) is 14.2 Å². The van der Waals surface area contributed by atoms with Gasteiger partial charge in [0.05, 0.1) is 37.9 Å². The summed E-state index contributed by atoms with van der Waals surface area (Å²) in [5.41, 5.74) is -0.236. The summed E-state index contributed by atoms with van der Waals surface area (Å²) in [6, 6.07) is 3.41. The standard InChI is InChI=1S/C21H22N6O7S/c1-24-18-17(19(30)25(2)21(24)31)26(10-22-18)8-15(28)23-20-27(9-16(29)34-5)11-6-12(32-3)13(33-4)7-14(11)35-20/h6-7,10H,8-9H2,1-5H3. The number of aromatic nitrogens is 5. The van der Waals surface area contributed by atoms with Gasteiger partial charge in [-0.25, -0.2) is 9.78 Å². The second-order valence-electron chi connectivity index (χ2n) is 7.48. The molecule has 0 aliphatic heterocycles. The molecule has 13 nitrogen and oxygen atoms in total. The van der Waals surface area contributed by atoms with Crippen LogP contribution < -0.4 is 25.5 Å². The van der Waals surface area contributed by atoms with Crippen molar-refractivity contribution >= 4 is 44.6 Å². The smallest absolute Gasteiger partial charge is 0.332 e. The minimum absolute atomic E-state index is 0.103. The summed E-state index contributed by atoms with van der Waals surface area (Å²) >= 11 is 1.18. The Morgan fingerprint density at radius 3 is 2.37 bits per heavy atom. The molecule has 0 bridgehead atoms. The summed E-state index contributed by atoms with van der Waals surface area (Å²) in [4.78, 5) is 58.3. The average Bonchev–Trinajstić information content (AvgIpc) is 3.41. The highest BCUT2D eigenvalue weighted by molar-refractivity contribution is 7.16. The minimum atomic E-state index is -0.593. The number of carbonyl (C=O) groups excluding carboxylic acids is 2. The zero-order valence-corrected chi connectivity index (χ0v) is 20.4. The summed E-state index contributed by atoms with van der Waals surface area (Å²) < 4.78 is 21.3. The molecule has 0 saturated heterocycles. The normalized spacial score (nSPS) is 11.9. The monoisotopic (exact) mass is 502 g/mol. The zero-order valence-electron chi connectivity index (χ0n) is 19.6. The molecular formula is C21H22N6O7S. The number of carbonyl (C=O) groups is 2. The average molecular weight is 503 g/mol. The fourth-order valence-corrected chi connectivity index (χ4v) is 4.69. The summed E-state index contributed by atoms with van der Waals surface area (Å²) in [7, 11) is 7.10. The number of hydrogen-bond acceptors (Lipinski definition) is 9. The van der Waals surface area contributed by atoms with Crippen molar-refractivity contribution in [1.29, 1.82) is 0 Å². The Morgan fingerprint density at radius 2 is 1.71 bits per heavy atom. The summed E-state index contributed by atoms with van der Waals surface area (Å²) in [6.45, 7) is -0.488. The molecule has 3 aromatic heterocycles. The van der Waals surface area contributed by atoms with Gasteiger partial charge in [-0.2, -0.15) is 4.99 Å². The van der Waals surface area contributed by atoms with Crippen molar-refractivity contribution in [3.8, 4) is 11.5 Å². The van der Waals surface area contributed by atoms with Gasteiger partial charge in [0.15, 0.2) is 27.5 Å². The van der Waals surface area contributed by atoms with E-state index in [9.17, 15) is 19.2 Å². The van der Waals surface area contributed by atoms with Crippen LogP contribution in [-0.4, -0.2) is 56.5 Å². The quantitative estimate of drug-likeness (QED) is 0.329. The second kappa shape index (κ2) is 9.21. The first-order valence-electron chi connectivity index (χ1n) is 10.2. The summed E-state index contributed by atoms with van der Waals surface area (Å²) in [5, 5.41) is 0. The zero-order chi connectivity index (χ0) is 25.4.